The van der Waals surface area contributed by atoms with Crippen LogP contribution in [0, 0.1) is 0 Å². The van der Waals surface area contributed by atoms with Crippen molar-refractivity contribution in [2.75, 3.05) is 0 Å². The minimum atomic E-state index is 1.01. The fourth-order valence-corrected chi connectivity index (χ4v) is 7.87. The largest absolute Gasteiger partial charge is 0.309 e. The highest BCUT2D eigenvalue weighted by atomic mass is 15.0. The van der Waals surface area contributed by atoms with E-state index in [9.17, 15) is 0 Å². The molecule has 2 heterocycles. The Bertz CT molecular complexity index is 2740. The summed E-state index contributed by atoms with van der Waals surface area (Å²) in [5.74, 6) is 0. The van der Waals surface area contributed by atoms with Gasteiger partial charge in [0.25, 0.3) is 0 Å². The zero-order chi connectivity index (χ0) is 32.3. The molecule has 0 fully saturated rings. The number of rotatable bonds is 4. The predicted molar refractivity (Wildman–Crippen MR) is 207 cm³/mol. The molecule has 0 N–H and O–H groups in total. The molecular formula is C47H30N2. The molecule has 0 atom stereocenters. The molecule has 0 aliphatic rings. The Hall–Kier alpha value is -6.51. The normalized spacial score (nSPS) is 11.7. The van der Waals surface area contributed by atoms with Crippen LogP contribution in [0.1, 0.15) is 0 Å². The second kappa shape index (κ2) is 11.0. The first-order valence-corrected chi connectivity index (χ1v) is 16.8. The lowest BCUT2D eigenvalue weighted by atomic mass is 9.85. The zero-order valence-corrected chi connectivity index (χ0v) is 26.7. The molecule has 2 nitrogen and oxygen atoms in total. The van der Waals surface area contributed by atoms with Crippen molar-refractivity contribution < 1.29 is 0 Å². The first-order valence-electron chi connectivity index (χ1n) is 16.8. The molecule has 10 aromatic rings. The van der Waals surface area contributed by atoms with Gasteiger partial charge in [-0.2, -0.15) is 0 Å². The average Bonchev–Trinajstić information content (AvgIpc) is 3.51. The van der Waals surface area contributed by atoms with Crippen molar-refractivity contribution in [2.45, 2.75) is 0 Å². The summed E-state index contributed by atoms with van der Waals surface area (Å²) in [7, 11) is 0. The van der Waals surface area contributed by atoms with Gasteiger partial charge in [0.15, 0.2) is 0 Å². The molecule has 2 aromatic heterocycles. The van der Waals surface area contributed by atoms with Crippen LogP contribution in [-0.4, -0.2) is 9.55 Å². The van der Waals surface area contributed by atoms with E-state index in [0.29, 0.717) is 0 Å². The van der Waals surface area contributed by atoms with Crippen LogP contribution in [0.2, 0.25) is 0 Å². The van der Waals surface area contributed by atoms with Crippen molar-refractivity contribution in [3.63, 3.8) is 0 Å². The monoisotopic (exact) mass is 622 g/mol. The third kappa shape index (κ3) is 4.31. The molecule has 0 unspecified atom stereocenters. The standard InChI is InChI=1S/C47H30N2/c1-2-12-36-31(11-1)29-30-48-47(36)34-23-21-32(22-24-34)45-39-15-3-5-17-41(39)46(42-18-6-4-16-40(42)45)33-25-27-35(28-26-33)49-43-19-9-7-13-37(43)38-14-8-10-20-44(38)49/h1-30H. The number of para-hydroxylation sites is 2. The number of hydrogen-bond donors (Lipinski definition) is 0. The summed E-state index contributed by atoms with van der Waals surface area (Å²) >= 11 is 0. The van der Waals surface area contributed by atoms with Gasteiger partial charge in [-0.05, 0) is 79.5 Å². The van der Waals surface area contributed by atoms with Crippen LogP contribution >= 0.6 is 0 Å². The van der Waals surface area contributed by atoms with Crippen molar-refractivity contribution in [1.82, 2.24) is 9.55 Å². The van der Waals surface area contributed by atoms with Crippen LogP contribution in [0.25, 0.3) is 93.3 Å². The third-order valence-electron chi connectivity index (χ3n) is 10.0. The Morgan fingerprint density at radius 1 is 0.327 bits per heavy atom. The van der Waals surface area contributed by atoms with Gasteiger partial charge in [-0.1, -0.05) is 146 Å². The van der Waals surface area contributed by atoms with Gasteiger partial charge in [0.05, 0.1) is 16.7 Å². The first-order chi connectivity index (χ1) is 24.3. The molecule has 0 radical (unpaired) electrons. The molecule has 10 rings (SSSR count). The fourth-order valence-electron chi connectivity index (χ4n) is 7.87. The van der Waals surface area contributed by atoms with Crippen LogP contribution in [0.3, 0.4) is 0 Å². The van der Waals surface area contributed by atoms with E-state index in [1.807, 2.05) is 6.20 Å². The first kappa shape index (κ1) is 27.6. The van der Waals surface area contributed by atoms with Crippen LogP contribution in [-0.2, 0) is 0 Å². The topological polar surface area (TPSA) is 17.8 Å². The van der Waals surface area contributed by atoms with Crippen LogP contribution in [0.15, 0.2) is 182 Å². The smallest absolute Gasteiger partial charge is 0.0780 e. The number of hydrogen-bond acceptors (Lipinski definition) is 1. The summed E-state index contributed by atoms with van der Waals surface area (Å²) in [6, 6.07) is 63.7. The molecular weight excluding hydrogens is 593 g/mol. The van der Waals surface area contributed by atoms with Crippen LogP contribution in [0.4, 0.5) is 0 Å². The molecule has 0 bridgehead atoms. The number of aromatic nitrogens is 2. The molecule has 228 valence electrons. The maximum absolute atomic E-state index is 4.78. The molecule has 0 saturated heterocycles. The summed E-state index contributed by atoms with van der Waals surface area (Å²) in [6.45, 7) is 0. The fraction of sp³-hybridized carbons (Fsp3) is 0. The van der Waals surface area contributed by atoms with E-state index in [1.54, 1.807) is 0 Å². The second-order valence-corrected chi connectivity index (χ2v) is 12.7. The molecule has 0 amide bonds. The molecule has 0 spiro atoms. The van der Waals surface area contributed by atoms with Gasteiger partial charge in [-0.15, -0.1) is 0 Å². The van der Waals surface area contributed by atoms with Gasteiger partial charge in [0.1, 0.15) is 0 Å². The molecule has 2 heteroatoms. The van der Waals surface area contributed by atoms with Gasteiger partial charge < -0.3 is 4.57 Å². The molecule has 0 saturated carbocycles. The zero-order valence-electron chi connectivity index (χ0n) is 26.7. The SMILES string of the molecule is c1ccc2c(-c3ccc(-c4c5ccccc5c(-c5ccc(-n6c7ccccc7c7ccccc76)cc5)c5ccccc45)cc3)nccc2c1. The quantitative estimate of drug-likeness (QED) is 0.179. The van der Waals surface area contributed by atoms with E-state index < -0.39 is 0 Å². The van der Waals surface area contributed by atoms with E-state index in [4.69, 9.17) is 4.98 Å². The summed E-state index contributed by atoms with van der Waals surface area (Å²) < 4.78 is 2.38. The van der Waals surface area contributed by atoms with Gasteiger partial charge in [0, 0.05) is 33.6 Å². The van der Waals surface area contributed by atoms with E-state index in [1.165, 1.54) is 76.4 Å². The number of nitrogens with zero attached hydrogens (tertiary/aromatic N) is 2. The van der Waals surface area contributed by atoms with E-state index in [2.05, 4.69) is 180 Å². The minimum absolute atomic E-state index is 1.01. The van der Waals surface area contributed by atoms with Crippen LogP contribution in [0.5, 0.6) is 0 Å². The maximum Gasteiger partial charge on any atom is 0.0780 e. The van der Waals surface area contributed by atoms with Crippen molar-refractivity contribution in [3.05, 3.63) is 182 Å². The van der Waals surface area contributed by atoms with E-state index >= 15 is 0 Å². The van der Waals surface area contributed by atoms with Crippen molar-refractivity contribution in [3.8, 4) is 39.2 Å². The van der Waals surface area contributed by atoms with Crippen LogP contribution < -0.4 is 0 Å². The molecule has 0 aliphatic heterocycles. The Labute approximate surface area is 284 Å². The number of fused-ring (bicyclic) bond motifs is 6. The highest BCUT2D eigenvalue weighted by Gasteiger charge is 2.18. The molecule has 8 aromatic carbocycles. The van der Waals surface area contributed by atoms with Gasteiger partial charge in [-0.3, -0.25) is 4.98 Å². The van der Waals surface area contributed by atoms with Gasteiger partial charge in [0.2, 0.25) is 0 Å². The van der Waals surface area contributed by atoms with Crippen molar-refractivity contribution in [1.29, 1.82) is 0 Å². The predicted octanol–water partition coefficient (Wildman–Crippen LogP) is 12.6. The maximum atomic E-state index is 4.78. The summed E-state index contributed by atoms with van der Waals surface area (Å²) in [5.41, 5.74) is 10.7. The summed E-state index contributed by atoms with van der Waals surface area (Å²) in [4.78, 5) is 4.78. The molecule has 49 heavy (non-hydrogen) atoms. The van der Waals surface area contributed by atoms with Gasteiger partial charge >= 0.3 is 0 Å². The Kier molecular flexibility index (Phi) is 6.22. The average molecular weight is 623 g/mol. The summed E-state index contributed by atoms with van der Waals surface area (Å²) in [6.07, 6.45) is 1.90. The van der Waals surface area contributed by atoms with Gasteiger partial charge in [-0.25, -0.2) is 0 Å². The Morgan fingerprint density at radius 2 is 0.735 bits per heavy atom. The highest BCUT2D eigenvalue weighted by Crippen LogP contribution is 2.44. The minimum Gasteiger partial charge on any atom is -0.309 e. The van der Waals surface area contributed by atoms with E-state index in [0.717, 1.165) is 16.9 Å². The third-order valence-corrected chi connectivity index (χ3v) is 10.0. The van der Waals surface area contributed by atoms with Crippen molar-refractivity contribution >= 4 is 54.1 Å². The number of benzene rings is 8. The van der Waals surface area contributed by atoms with E-state index in [-0.39, 0.29) is 0 Å². The second-order valence-electron chi connectivity index (χ2n) is 12.7. The lowest BCUT2D eigenvalue weighted by Crippen LogP contribution is -1.94. The number of pyridine rings is 1. The Balaban J connectivity index is 1.13. The summed E-state index contributed by atoms with van der Waals surface area (Å²) in [5, 5.41) is 9.92. The lowest BCUT2D eigenvalue weighted by molar-refractivity contribution is 1.18. The molecule has 0 aliphatic carbocycles. The highest BCUT2D eigenvalue weighted by molar-refractivity contribution is 6.21. The van der Waals surface area contributed by atoms with Crippen molar-refractivity contribution in [2.24, 2.45) is 0 Å². The lowest BCUT2D eigenvalue weighted by Gasteiger charge is -2.18. The Morgan fingerprint density at radius 3 is 1.27 bits per heavy atom.